The smallest absolute Gasteiger partial charge is 0.310 e. The van der Waals surface area contributed by atoms with Crippen LogP contribution in [0.25, 0.3) is 0 Å². The number of sulfonamides is 1. The quantitative estimate of drug-likeness (QED) is 0.893. The highest BCUT2D eigenvalue weighted by molar-refractivity contribution is 7.89. The van der Waals surface area contributed by atoms with Gasteiger partial charge in [0.1, 0.15) is 0 Å². The summed E-state index contributed by atoms with van der Waals surface area (Å²) >= 11 is 0. The van der Waals surface area contributed by atoms with E-state index in [9.17, 15) is 21.6 Å². The average Bonchev–Trinajstić information content (AvgIpc) is 2.83. The van der Waals surface area contributed by atoms with E-state index in [1.54, 1.807) is 0 Å². The molecule has 8 heteroatoms. The maximum Gasteiger partial charge on any atom is 0.417 e. The third kappa shape index (κ3) is 3.75. The standard InChI is InChI=1S/C13H17F3N2O2S/c1-12(7-4-8-17-12)9-18-21(19,20)11-6-3-2-5-10(11)13(14,15)16/h2-3,5-6,17-18H,4,7-9H2,1H3. The van der Waals surface area contributed by atoms with Crippen molar-refractivity contribution < 1.29 is 21.6 Å². The Kier molecular flexibility index (Phi) is 4.32. The maximum absolute atomic E-state index is 12.9. The van der Waals surface area contributed by atoms with E-state index >= 15 is 0 Å². The zero-order valence-electron chi connectivity index (χ0n) is 11.5. The molecule has 1 fully saturated rings. The molecule has 0 bridgehead atoms. The van der Waals surface area contributed by atoms with Crippen molar-refractivity contribution in [2.24, 2.45) is 0 Å². The Labute approximate surface area is 121 Å². The van der Waals surface area contributed by atoms with Crippen molar-refractivity contribution in [1.82, 2.24) is 10.0 Å². The van der Waals surface area contributed by atoms with Gasteiger partial charge in [-0.25, -0.2) is 13.1 Å². The Morgan fingerprint density at radius 2 is 2.00 bits per heavy atom. The molecule has 1 aromatic carbocycles. The first-order valence-electron chi connectivity index (χ1n) is 6.55. The van der Waals surface area contributed by atoms with Gasteiger partial charge in [-0.2, -0.15) is 13.2 Å². The van der Waals surface area contributed by atoms with E-state index in [0.29, 0.717) is 0 Å². The van der Waals surface area contributed by atoms with Gasteiger partial charge in [0.2, 0.25) is 10.0 Å². The summed E-state index contributed by atoms with van der Waals surface area (Å²) in [6.45, 7) is 2.68. The van der Waals surface area contributed by atoms with E-state index in [2.05, 4.69) is 10.0 Å². The van der Waals surface area contributed by atoms with Gasteiger partial charge in [-0.3, -0.25) is 0 Å². The van der Waals surface area contributed by atoms with Crippen molar-refractivity contribution >= 4 is 10.0 Å². The minimum Gasteiger partial charge on any atom is -0.310 e. The third-order valence-corrected chi connectivity index (χ3v) is 5.05. The number of nitrogens with one attached hydrogen (secondary N) is 2. The molecule has 2 N–H and O–H groups in total. The fourth-order valence-electron chi connectivity index (χ4n) is 2.38. The maximum atomic E-state index is 12.9. The molecule has 1 heterocycles. The highest BCUT2D eigenvalue weighted by Crippen LogP contribution is 2.34. The topological polar surface area (TPSA) is 58.2 Å². The van der Waals surface area contributed by atoms with Crippen LogP contribution in [0.4, 0.5) is 13.2 Å². The number of hydrogen-bond donors (Lipinski definition) is 2. The van der Waals surface area contributed by atoms with E-state index in [4.69, 9.17) is 0 Å². The molecule has 0 radical (unpaired) electrons. The van der Waals surface area contributed by atoms with Gasteiger partial charge in [-0.05, 0) is 38.4 Å². The summed E-state index contributed by atoms with van der Waals surface area (Å²) in [5.41, 5.74) is -1.57. The highest BCUT2D eigenvalue weighted by Gasteiger charge is 2.37. The first-order valence-corrected chi connectivity index (χ1v) is 8.03. The van der Waals surface area contributed by atoms with E-state index in [-0.39, 0.29) is 6.54 Å². The molecule has 1 aromatic rings. The normalized spacial score (nSPS) is 23.4. The monoisotopic (exact) mass is 322 g/mol. The van der Waals surface area contributed by atoms with Crippen LogP contribution >= 0.6 is 0 Å². The summed E-state index contributed by atoms with van der Waals surface area (Å²) in [6.07, 6.45) is -3.02. The first kappa shape index (κ1) is 16.3. The van der Waals surface area contributed by atoms with Crippen LogP contribution in [0.5, 0.6) is 0 Å². The van der Waals surface area contributed by atoms with Gasteiger partial charge in [0, 0.05) is 12.1 Å². The van der Waals surface area contributed by atoms with E-state index in [0.717, 1.165) is 31.5 Å². The fraction of sp³-hybridized carbons (Fsp3) is 0.538. The van der Waals surface area contributed by atoms with Crippen LogP contribution in [0.3, 0.4) is 0 Å². The van der Waals surface area contributed by atoms with Gasteiger partial charge in [-0.1, -0.05) is 12.1 Å². The largest absolute Gasteiger partial charge is 0.417 e. The van der Waals surface area contributed by atoms with Gasteiger partial charge < -0.3 is 5.32 Å². The van der Waals surface area contributed by atoms with Crippen LogP contribution in [-0.2, 0) is 16.2 Å². The molecule has 0 aromatic heterocycles. The van der Waals surface area contributed by atoms with Crippen molar-refractivity contribution in [2.75, 3.05) is 13.1 Å². The second-order valence-electron chi connectivity index (χ2n) is 5.41. The molecule has 118 valence electrons. The van der Waals surface area contributed by atoms with Crippen molar-refractivity contribution in [1.29, 1.82) is 0 Å². The molecular weight excluding hydrogens is 305 g/mol. The first-order chi connectivity index (χ1) is 9.64. The highest BCUT2D eigenvalue weighted by atomic mass is 32.2. The Morgan fingerprint density at radius 3 is 2.57 bits per heavy atom. The number of benzene rings is 1. The zero-order chi connectivity index (χ0) is 15.7. The molecule has 0 aliphatic carbocycles. The van der Waals surface area contributed by atoms with E-state index < -0.39 is 32.2 Å². The zero-order valence-corrected chi connectivity index (χ0v) is 12.3. The SMILES string of the molecule is CC1(CNS(=O)(=O)c2ccccc2C(F)(F)F)CCCN1. The van der Waals surface area contributed by atoms with Crippen molar-refractivity contribution in [3.63, 3.8) is 0 Å². The summed E-state index contributed by atoms with van der Waals surface area (Å²) in [5, 5.41) is 3.15. The Balaban J connectivity index is 2.24. The van der Waals surface area contributed by atoms with Gasteiger partial charge in [-0.15, -0.1) is 0 Å². The summed E-state index contributed by atoms with van der Waals surface area (Å²) < 4.78 is 65.3. The molecular formula is C13H17F3N2O2S. The molecule has 4 nitrogen and oxygen atoms in total. The van der Waals surface area contributed by atoms with Crippen LogP contribution in [-0.4, -0.2) is 27.0 Å². The predicted molar refractivity (Wildman–Crippen MR) is 72.3 cm³/mol. The van der Waals surface area contributed by atoms with Crippen LogP contribution < -0.4 is 10.0 Å². The molecule has 2 rings (SSSR count). The molecule has 1 unspecified atom stereocenters. The van der Waals surface area contributed by atoms with Crippen molar-refractivity contribution in [3.8, 4) is 0 Å². The number of hydrogen-bond acceptors (Lipinski definition) is 3. The van der Waals surface area contributed by atoms with Crippen molar-refractivity contribution in [2.45, 2.75) is 36.4 Å². The number of halogens is 3. The van der Waals surface area contributed by atoms with E-state index in [1.807, 2.05) is 6.92 Å². The second-order valence-corrected chi connectivity index (χ2v) is 7.14. The summed E-state index contributed by atoms with van der Waals surface area (Å²) in [7, 11) is -4.21. The Bertz CT molecular complexity index is 608. The fourth-order valence-corrected chi connectivity index (χ4v) is 3.77. The molecule has 0 spiro atoms. The molecule has 21 heavy (non-hydrogen) atoms. The number of rotatable bonds is 4. The second kappa shape index (κ2) is 5.58. The van der Waals surface area contributed by atoms with Crippen LogP contribution in [0.2, 0.25) is 0 Å². The lowest BCUT2D eigenvalue weighted by atomic mass is 10.0. The van der Waals surface area contributed by atoms with Crippen molar-refractivity contribution in [3.05, 3.63) is 29.8 Å². The summed E-state index contributed by atoms with van der Waals surface area (Å²) in [4.78, 5) is -0.737. The van der Waals surface area contributed by atoms with Gasteiger partial charge in [0.05, 0.1) is 10.5 Å². The molecule has 0 amide bonds. The molecule has 1 atom stereocenters. The van der Waals surface area contributed by atoms with Crippen LogP contribution in [0, 0.1) is 0 Å². The lowest BCUT2D eigenvalue weighted by Gasteiger charge is -2.25. The lowest BCUT2D eigenvalue weighted by Crippen LogP contribution is -2.47. The molecule has 1 aliphatic heterocycles. The molecule has 1 saturated heterocycles. The van der Waals surface area contributed by atoms with Gasteiger partial charge in [0.15, 0.2) is 0 Å². The minimum atomic E-state index is -4.71. The van der Waals surface area contributed by atoms with Crippen LogP contribution in [0.15, 0.2) is 29.2 Å². The van der Waals surface area contributed by atoms with E-state index in [1.165, 1.54) is 12.1 Å². The van der Waals surface area contributed by atoms with Gasteiger partial charge in [0.25, 0.3) is 0 Å². The van der Waals surface area contributed by atoms with Crippen LogP contribution in [0.1, 0.15) is 25.3 Å². The lowest BCUT2D eigenvalue weighted by molar-refractivity contribution is -0.139. The number of alkyl halides is 3. The minimum absolute atomic E-state index is 0.0571. The van der Waals surface area contributed by atoms with Gasteiger partial charge >= 0.3 is 6.18 Å². The Hall–Kier alpha value is -1.12. The summed E-state index contributed by atoms with van der Waals surface area (Å²) in [6, 6.07) is 4.18. The molecule has 1 aliphatic rings. The molecule has 0 saturated carbocycles. The Morgan fingerprint density at radius 1 is 1.33 bits per heavy atom. The summed E-state index contributed by atoms with van der Waals surface area (Å²) in [5.74, 6) is 0. The average molecular weight is 322 g/mol. The predicted octanol–water partition coefficient (Wildman–Crippen LogP) is 2.13. The third-order valence-electron chi connectivity index (χ3n) is 3.59.